The van der Waals surface area contributed by atoms with Crippen molar-refractivity contribution in [3.05, 3.63) is 11.6 Å². The molecule has 366 valence electrons. The molecule has 5 aliphatic carbocycles. The molecule has 18 heteroatoms. The smallest absolute Gasteiger partial charge is 0.550 e. The van der Waals surface area contributed by atoms with Gasteiger partial charge in [-0.3, -0.25) is 0 Å². The molecule has 9 N–H and O–H groups in total. The summed E-state index contributed by atoms with van der Waals surface area (Å²) in [6.07, 6.45) is -12.1. The van der Waals surface area contributed by atoms with E-state index < -0.39 is 116 Å². The Morgan fingerprint density at radius 2 is 1.38 bits per heavy atom. The van der Waals surface area contributed by atoms with Gasteiger partial charge in [0, 0.05) is 16.8 Å². The van der Waals surface area contributed by atoms with Gasteiger partial charge < -0.3 is 84.3 Å². The molecular formula is C47H75KO17. The average molecular weight is 951 g/mol. The van der Waals surface area contributed by atoms with Crippen LogP contribution in [0.25, 0.3) is 0 Å². The van der Waals surface area contributed by atoms with E-state index in [4.69, 9.17) is 28.4 Å². The van der Waals surface area contributed by atoms with Crippen LogP contribution in [0.1, 0.15) is 113 Å². The first kappa shape index (κ1) is 53.1. The Balaban J connectivity index is 0.00000630. The Morgan fingerprint density at radius 3 is 2.03 bits per heavy atom. The van der Waals surface area contributed by atoms with Crippen LogP contribution in [-0.4, -0.2) is 164 Å². The standard InChI is InChI=1S/C47H76O17.K/c1-22-30(50)33(53)35(55)38(60-22)64-37-32(52)26(62-39-36(56)34(54)31(51)25(19-48)61-39)20-59-40(37)63-29-11-12-43(4)27(44(29,5)21-49)10-13-46(7)28(43)9-8-23-24-18-42(2,3)14-16-47(24,41(57)58)17-15-45(23,46)6;/h8,22,24-40,48-56H,9-21H2,1-7H3,(H,57,58);/q;+1/p-1/t22-,24?,25+,26-,27?,28?,29?,30-,31+,32-,33+,34-,35+,36+,37+,38+,39-,40-,43-,44-,45+,46+,47-;/m0./s1. The monoisotopic (exact) mass is 950 g/mol. The van der Waals surface area contributed by atoms with Crippen molar-refractivity contribution in [3.8, 4) is 0 Å². The molecule has 17 nitrogen and oxygen atoms in total. The van der Waals surface area contributed by atoms with E-state index in [1.807, 2.05) is 6.92 Å². The summed E-state index contributed by atoms with van der Waals surface area (Å²) in [6, 6.07) is 0. The Hall–Kier alpha value is 0.246. The number of fused-ring (bicyclic) bond motifs is 7. The van der Waals surface area contributed by atoms with Gasteiger partial charge in [-0.2, -0.15) is 0 Å². The van der Waals surface area contributed by atoms with Crippen LogP contribution in [0.3, 0.4) is 0 Å². The Morgan fingerprint density at radius 1 is 0.738 bits per heavy atom. The van der Waals surface area contributed by atoms with E-state index in [1.165, 1.54) is 12.5 Å². The van der Waals surface area contributed by atoms with Gasteiger partial charge in [0.2, 0.25) is 0 Å². The fraction of sp³-hybridized carbons (Fsp3) is 0.936. The molecule has 7 fully saturated rings. The van der Waals surface area contributed by atoms with E-state index in [0.717, 1.165) is 44.9 Å². The predicted octanol–water partition coefficient (Wildman–Crippen LogP) is -2.99. The molecule has 8 rings (SSSR count). The molecule has 23 atom stereocenters. The molecule has 0 spiro atoms. The Labute approximate surface area is 424 Å². The minimum Gasteiger partial charge on any atom is -0.550 e. The second-order valence-corrected chi connectivity index (χ2v) is 22.8. The number of carboxylic acid groups (broad SMARTS) is 1. The van der Waals surface area contributed by atoms with E-state index >= 15 is 0 Å². The van der Waals surface area contributed by atoms with E-state index in [9.17, 15) is 55.9 Å². The summed E-state index contributed by atoms with van der Waals surface area (Å²) in [4.78, 5) is 13.0. The topological polar surface area (TPSA) is 278 Å². The maximum atomic E-state index is 13.0. The van der Waals surface area contributed by atoms with Crippen LogP contribution in [0.2, 0.25) is 0 Å². The SMILES string of the molecule is C[C@@H]1O[C@H](O[C@H]2[C@H](OC3CC[C@@]4(C)C(CC[C@]5(C)C4CC=C4C6CC(C)(C)CC[C@]6(C(=O)[O-])CC[C@]45C)[C@]3(C)CO)OC[C@H](O[C@@H]3O[C@H](CO)[C@@H](O)[C@H](O)[C@H]3O)[C@@H]2O)[C@H](O)[C@H](O)[C@H]1O.[K+]. The fourth-order valence-electron chi connectivity index (χ4n) is 14.8. The van der Waals surface area contributed by atoms with Crippen LogP contribution in [-0.2, 0) is 33.2 Å². The summed E-state index contributed by atoms with van der Waals surface area (Å²) >= 11 is 0. The molecule has 4 saturated carbocycles. The van der Waals surface area contributed by atoms with Crippen molar-refractivity contribution in [2.45, 2.75) is 205 Å². The largest absolute Gasteiger partial charge is 1.00 e. The van der Waals surface area contributed by atoms with Crippen LogP contribution in [0.4, 0.5) is 0 Å². The van der Waals surface area contributed by atoms with Gasteiger partial charge in [-0.25, -0.2) is 0 Å². The average Bonchev–Trinajstić information content (AvgIpc) is 3.24. The second kappa shape index (κ2) is 19.0. The molecule has 8 aliphatic rings. The van der Waals surface area contributed by atoms with Crippen LogP contribution < -0.4 is 56.5 Å². The van der Waals surface area contributed by atoms with E-state index in [-0.39, 0.29) is 104 Å². The third kappa shape index (κ3) is 8.49. The van der Waals surface area contributed by atoms with Crippen molar-refractivity contribution in [2.75, 3.05) is 19.8 Å². The molecule has 0 radical (unpaired) electrons. The number of carbonyl (C=O) groups is 1. The second-order valence-electron chi connectivity index (χ2n) is 22.8. The number of aliphatic hydroxyl groups is 9. The summed E-state index contributed by atoms with van der Waals surface area (Å²) in [6.45, 7) is 13.9. The van der Waals surface area contributed by atoms with Crippen LogP contribution in [0, 0.1) is 50.2 Å². The number of hydrogen-bond acceptors (Lipinski definition) is 17. The summed E-state index contributed by atoms with van der Waals surface area (Å²) in [5.41, 5.74) is -0.952. The van der Waals surface area contributed by atoms with Crippen LogP contribution in [0.5, 0.6) is 0 Å². The normalized spacial score (nSPS) is 54.1. The van der Waals surface area contributed by atoms with Gasteiger partial charge in [-0.15, -0.1) is 0 Å². The first-order valence-corrected chi connectivity index (χ1v) is 23.7. The molecule has 3 heterocycles. The van der Waals surface area contributed by atoms with E-state index in [0.29, 0.717) is 19.3 Å². The van der Waals surface area contributed by atoms with Crippen molar-refractivity contribution >= 4 is 5.97 Å². The maximum absolute atomic E-state index is 13.0. The first-order chi connectivity index (χ1) is 29.9. The summed E-state index contributed by atoms with van der Waals surface area (Å²) in [7, 11) is 0. The number of allylic oxidation sites excluding steroid dienone is 2. The van der Waals surface area contributed by atoms with Gasteiger partial charge >= 0.3 is 51.4 Å². The van der Waals surface area contributed by atoms with Crippen molar-refractivity contribution in [2.24, 2.45) is 50.2 Å². The van der Waals surface area contributed by atoms with Gasteiger partial charge in [0.15, 0.2) is 18.9 Å². The molecule has 4 unspecified atom stereocenters. The zero-order valence-electron chi connectivity index (χ0n) is 39.5. The number of ether oxygens (including phenoxy) is 6. The van der Waals surface area contributed by atoms with Gasteiger partial charge in [0.25, 0.3) is 0 Å². The van der Waals surface area contributed by atoms with Crippen LogP contribution >= 0.6 is 0 Å². The third-order valence-corrected chi connectivity index (χ3v) is 19.1. The third-order valence-electron chi connectivity index (χ3n) is 19.1. The molecule has 3 saturated heterocycles. The summed E-state index contributed by atoms with van der Waals surface area (Å²) in [5.74, 6) is -0.779. The maximum Gasteiger partial charge on any atom is 1.00 e. The molecule has 0 bridgehead atoms. The molecule has 0 aromatic rings. The number of carboxylic acids is 1. The Kier molecular flexibility index (Phi) is 15.5. The Bertz CT molecular complexity index is 1750. The van der Waals surface area contributed by atoms with Gasteiger partial charge in [0.1, 0.15) is 61.0 Å². The van der Waals surface area contributed by atoms with Crippen molar-refractivity contribution < 1.29 is 136 Å². The zero-order chi connectivity index (χ0) is 46.7. The number of aliphatic hydroxyl groups excluding tert-OH is 9. The quantitative estimate of drug-likeness (QED) is 0.0634. The number of carbonyl (C=O) groups excluding carboxylic acids is 1. The van der Waals surface area contributed by atoms with Crippen molar-refractivity contribution in [1.29, 1.82) is 0 Å². The van der Waals surface area contributed by atoms with Crippen molar-refractivity contribution in [1.82, 2.24) is 0 Å². The molecule has 65 heavy (non-hydrogen) atoms. The minimum absolute atomic E-state index is 0. The van der Waals surface area contributed by atoms with Gasteiger partial charge in [-0.1, -0.05) is 53.2 Å². The molecule has 3 aliphatic heterocycles. The van der Waals surface area contributed by atoms with Gasteiger partial charge in [0.05, 0.1) is 32.0 Å². The fourth-order valence-corrected chi connectivity index (χ4v) is 14.8. The molecular weight excluding hydrogens is 876 g/mol. The zero-order valence-corrected chi connectivity index (χ0v) is 42.6. The summed E-state index contributed by atoms with van der Waals surface area (Å²) < 4.78 is 36.5. The number of aliphatic carboxylic acids is 1. The van der Waals surface area contributed by atoms with Crippen molar-refractivity contribution in [3.63, 3.8) is 0 Å². The molecule has 0 amide bonds. The van der Waals surface area contributed by atoms with Crippen LogP contribution in [0.15, 0.2) is 11.6 Å². The van der Waals surface area contributed by atoms with Gasteiger partial charge in [-0.05, 0) is 111 Å². The molecule has 0 aromatic carbocycles. The van der Waals surface area contributed by atoms with E-state index in [2.05, 4.69) is 40.7 Å². The number of hydrogen-bond donors (Lipinski definition) is 9. The molecule has 0 aromatic heterocycles. The van der Waals surface area contributed by atoms with E-state index in [1.54, 1.807) is 0 Å². The first-order valence-electron chi connectivity index (χ1n) is 23.7. The number of rotatable bonds is 9. The summed E-state index contributed by atoms with van der Waals surface area (Å²) in [5, 5.41) is 110. The minimum atomic E-state index is -1.78. The predicted molar refractivity (Wildman–Crippen MR) is 222 cm³/mol.